The number of alkyl halides is 3. The standard InChI is InChI=1S/C18H11ClF3N5OS/c1-26(13-9-29-16(25-13)18(20,21)22)17-24-12-3-2-8-23-14(12)15(28)27(17)11-6-4-10(19)5-7-11/h2-9H,1H3. The van der Waals surface area contributed by atoms with E-state index >= 15 is 0 Å². The third kappa shape index (κ3) is 3.56. The minimum atomic E-state index is -4.56. The molecule has 0 aliphatic rings. The van der Waals surface area contributed by atoms with Crippen LogP contribution in [0.15, 0.2) is 52.8 Å². The highest BCUT2D eigenvalue weighted by atomic mass is 35.5. The fourth-order valence-electron chi connectivity index (χ4n) is 2.71. The van der Waals surface area contributed by atoms with Crippen LogP contribution in [0.3, 0.4) is 0 Å². The zero-order chi connectivity index (χ0) is 20.8. The molecular formula is C18H11ClF3N5OS. The molecule has 0 atom stereocenters. The third-order valence-corrected chi connectivity index (χ3v) is 5.20. The van der Waals surface area contributed by atoms with Gasteiger partial charge in [0.15, 0.2) is 10.5 Å². The first-order valence-electron chi connectivity index (χ1n) is 8.16. The maximum atomic E-state index is 13.1. The first-order valence-corrected chi connectivity index (χ1v) is 9.41. The van der Waals surface area contributed by atoms with Crippen LogP contribution in [0.25, 0.3) is 16.7 Å². The predicted octanol–water partition coefficient (Wildman–Crippen LogP) is 4.68. The molecule has 3 heterocycles. The third-order valence-electron chi connectivity index (χ3n) is 4.08. The van der Waals surface area contributed by atoms with Crippen LogP contribution in [0.5, 0.6) is 0 Å². The van der Waals surface area contributed by atoms with Crippen molar-refractivity contribution in [2.45, 2.75) is 6.18 Å². The van der Waals surface area contributed by atoms with Crippen molar-refractivity contribution in [2.75, 3.05) is 11.9 Å². The minimum absolute atomic E-state index is 0.0141. The average molecular weight is 438 g/mol. The summed E-state index contributed by atoms with van der Waals surface area (Å²) in [5, 5.41) is 0.745. The summed E-state index contributed by atoms with van der Waals surface area (Å²) in [6.07, 6.45) is -3.09. The lowest BCUT2D eigenvalue weighted by molar-refractivity contribution is -0.137. The Hall–Kier alpha value is -2.98. The van der Waals surface area contributed by atoms with Crippen molar-refractivity contribution in [3.8, 4) is 5.69 Å². The smallest absolute Gasteiger partial charge is 0.298 e. The summed E-state index contributed by atoms with van der Waals surface area (Å²) in [5.74, 6) is 0.108. The molecule has 0 fully saturated rings. The lowest BCUT2D eigenvalue weighted by atomic mass is 10.3. The first kappa shape index (κ1) is 19.3. The molecule has 148 valence electrons. The van der Waals surface area contributed by atoms with Crippen LogP contribution in [0, 0.1) is 0 Å². The van der Waals surface area contributed by atoms with E-state index in [1.807, 2.05) is 0 Å². The molecule has 4 aromatic rings. The van der Waals surface area contributed by atoms with Crippen molar-refractivity contribution >= 4 is 45.7 Å². The minimum Gasteiger partial charge on any atom is -0.298 e. The van der Waals surface area contributed by atoms with Crippen LogP contribution in [0.2, 0.25) is 5.02 Å². The van der Waals surface area contributed by atoms with Gasteiger partial charge >= 0.3 is 6.18 Å². The first-order chi connectivity index (χ1) is 13.8. The van der Waals surface area contributed by atoms with E-state index in [1.165, 1.54) is 28.1 Å². The van der Waals surface area contributed by atoms with Gasteiger partial charge in [-0.3, -0.25) is 9.69 Å². The second kappa shape index (κ2) is 7.12. The lowest BCUT2D eigenvalue weighted by Gasteiger charge is -2.21. The molecular weight excluding hydrogens is 427 g/mol. The van der Waals surface area contributed by atoms with Crippen molar-refractivity contribution < 1.29 is 13.2 Å². The van der Waals surface area contributed by atoms with E-state index in [4.69, 9.17) is 11.6 Å². The second-order valence-corrected chi connectivity index (χ2v) is 7.26. The van der Waals surface area contributed by atoms with Crippen LogP contribution in [0.4, 0.5) is 24.9 Å². The van der Waals surface area contributed by atoms with E-state index in [0.717, 1.165) is 0 Å². The number of nitrogens with zero attached hydrogens (tertiary/aromatic N) is 5. The van der Waals surface area contributed by atoms with Gasteiger partial charge in [0.25, 0.3) is 5.56 Å². The SMILES string of the molecule is CN(c1csc(C(F)(F)F)n1)c1nc2cccnc2c(=O)n1-c1ccc(Cl)cc1. The molecule has 1 aromatic carbocycles. The number of pyridine rings is 1. The van der Waals surface area contributed by atoms with E-state index in [0.29, 0.717) is 27.6 Å². The monoisotopic (exact) mass is 437 g/mol. The number of benzene rings is 1. The Balaban J connectivity index is 1.95. The van der Waals surface area contributed by atoms with Crippen molar-refractivity contribution in [3.63, 3.8) is 0 Å². The Morgan fingerprint density at radius 3 is 2.52 bits per heavy atom. The zero-order valence-electron chi connectivity index (χ0n) is 14.7. The molecule has 0 radical (unpaired) electrons. The molecule has 11 heteroatoms. The number of rotatable bonds is 3. The molecule has 0 unspecified atom stereocenters. The number of thiazole rings is 1. The Morgan fingerprint density at radius 2 is 1.86 bits per heavy atom. The summed E-state index contributed by atoms with van der Waals surface area (Å²) in [7, 11) is 1.49. The van der Waals surface area contributed by atoms with Crippen molar-refractivity contribution in [1.82, 2.24) is 19.5 Å². The van der Waals surface area contributed by atoms with Gasteiger partial charge in [-0.05, 0) is 36.4 Å². The highest BCUT2D eigenvalue weighted by molar-refractivity contribution is 7.10. The molecule has 29 heavy (non-hydrogen) atoms. The van der Waals surface area contributed by atoms with Crippen LogP contribution < -0.4 is 10.5 Å². The van der Waals surface area contributed by atoms with Gasteiger partial charge in [0.05, 0.1) is 11.2 Å². The Morgan fingerprint density at radius 1 is 1.14 bits per heavy atom. The fourth-order valence-corrected chi connectivity index (χ4v) is 3.54. The van der Waals surface area contributed by atoms with Gasteiger partial charge in [-0.25, -0.2) is 19.5 Å². The van der Waals surface area contributed by atoms with E-state index < -0.39 is 16.7 Å². The van der Waals surface area contributed by atoms with Crippen LogP contribution in [-0.4, -0.2) is 26.6 Å². The summed E-state index contributed by atoms with van der Waals surface area (Å²) in [6, 6.07) is 9.64. The molecule has 0 saturated carbocycles. The number of hydrogen-bond acceptors (Lipinski definition) is 6. The molecule has 0 bridgehead atoms. The summed E-state index contributed by atoms with van der Waals surface area (Å²) >= 11 is 6.40. The average Bonchev–Trinajstić information content (AvgIpc) is 3.19. The fraction of sp³-hybridized carbons (Fsp3) is 0.111. The highest BCUT2D eigenvalue weighted by Gasteiger charge is 2.35. The largest absolute Gasteiger partial charge is 0.443 e. The number of anilines is 2. The highest BCUT2D eigenvalue weighted by Crippen LogP contribution is 2.35. The number of halogens is 4. The maximum absolute atomic E-state index is 13.1. The van der Waals surface area contributed by atoms with Gasteiger partial charge in [0.1, 0.15) is 5.82 Å². The zero-order valence-corrected chi connectivity index (χ0v) is 16.3. The molecule has 0 N–H and O–H groups in total. The molecule has 4 rings (SSSR count). The van der Waals surface area contributed by atoms with Gasteiger partial charge < -0.3 is 0 Å². The van der Waals surface area contributed by atoms with E-state index in [1.54, 1.807) is 36.4 Å². The molecule has 3 aromatic heterocycles. The van der Waals surface area contributed by atoms with Gasteiger partial charge in [0, 0.05) is 23.6 Å². The van der Waals surface area contributed by atoms with Gasteiger partial charge in [-0.15, -0.1) is 11.3 Å². The van der Waals surface area contributed by atoms with Gasteiger partial charge in [-0.2, -0.15) is 13.2 Å². The normalized spacial score (nSPS) is 11.8. The maximum Gasteiger partial charge on any atom is 0.443 e. The van der Waals surface area contributed by atoms with Crippen molar-refractivity contribution in [1.29, 1.82) is 0 Å². The van der Waals surface area contributed by atoms with Crippen molar-refractivity contribution in [2.24, 2.45) is 0 Å². The Kier molecular flexibility index (Phi) is 4.75. The summed E-state index contributed by atoms with van der Waals surface area (Å²) < 4.78 is 40.1. The number of hydrogen-bond donors (Lipinski definition) is 0. The second-order valence-electron chi connectivity index (χ2n) is 5.97. The summed E-state index contributed by atoms with van der Waals surface area (Å²) in [5.41, 5.74) is 0.420. The molecule has 0 spiro atoms. The molecule has 0 amide bonds. The van der Waals surface area contributed by atoms with Gasteiger partial charge in [-0.1, -0.05) is 11.6 Å². The van der Waals surface area contributed by atoms with Crippen LogP contribution in [-0.2, 0) is 6.18 Å². The van der Waals surface area contributed by atoms with Crippen molar-refractivity contribution in [3.05, 3.63) is 68.4 Å². The topological polar surface area (TPSA) is 63.9 Å². The van der Waals surface area contributed by atoms with E-state index in [9.17, 15) is 18.0 Å². The number of aromatic nitrogens is 4. The summed E-state index contributed by atoms with van der Waals surface area (Å²) in [6.45, 7) is 0. The predicted molar refractivity (Wildman–Crippen MR) is 105 cm³/mol. The van der Waals surface area contributed by atoms with Crippen LogP contribution in [0.1, 0.15) is 5.01 Å². The quantitative estimate of drug-likeness (QED) is 0.466. The molecule has 0 aliphatic carbocycles. The number of fused-ring (bicyclic) bond motifs is 1. The van der Waals surface area contributed by atoms with E-state index in [-0.39, 0.29) is 17.3 Å². The Bertz CT molecular complexity index is 1250. The van der Waals surface area contributed by atoms with Crippen LogP contribution >= 0.6 is 22.9 Å². The molecule has 0 saturated heterocycles. The lowest BCUT2D eigenvalue weighted by Crippen LogP contribution is -2.28. The van der Waals surface area contributed by atoms with Gasteiger partial charge in [0.2, 0.25) is 5.95 Å². The molecule has 0 aliphatic heterocycles. The van der Waals surface area contributed by atoms with E-state index in [2.05, 4.69) is 15.0 Å². The summed E-state index contributed by atoms with van der Waals surface area (Å²) in [4.78, 5) is 26.7. The Labute approximate surface area is 170 Å². The molecule has 6 nitrogen and oxygen atoms in total.